The lowest BCUT2D eigenvalue weighted by molar-refractivity contribution is -0.607. The Morgan fingerprint density at radius 1 is 1.18 bits per heavy atom. The highest BCUT2D eigenvalue weighted by atomic mass is 32.2. The highest BCUT2D eigenvalue weighted by molar-refractivity contribution is 7.91. The highest BCUT2D eigenvalue weighted by Crippen LogP contribution is 2.37. The standard InChI is InChI=1S/C23H26F3N3O4S/c1-22(2,3)21-27-18-12-16(4-5-19(18)29(21)13-15-7-10-33-11-8-15)34(31,32)20-6-9-28(30)14-17(20)23(24,25)26/h4-6,9,12,14-15H,7-8,10-11,13H2,1-3H3. The maximum absolute atomic E-state index is 13.5. The normalized spacial score (nSPS) is 16.3. The maximum Gasteiger partial charge on any atom is 0.423 e. The first kappa shape index (κ1) is 24.5. The smallest absolute Gasteiger partial charge is 0.423 e. The molecular weight excluding hydrogens is 471 g/mol. The molecule has 1 saturated heterocycles. The third-order valence-corrected chi connectivity index (χ3v) is 7.78. The monoisotopic (exact) mass is 497 g/mol. The Morgan fingerprint density at radius 3 is 2.47 bits per heavy atom. The number of pyridine rings is 1. The summed E-state index contributed by atoms with van der Waals surface area (Å²) in [6, 6.07) is 4.87. The minimum Gasteiger partial charge on any atom is -0.619 e. The largest absolute Gasteiger partial charge is 0.619 e. The van der Waals surface area contributed by atoms with Gasteiger partial charge in [-0.15, -0.1) is 0 Å². The van der Waals surface area contributed by atoms with Crippen molar-refractivity contribution in [3.05, 3.63) is 53.3 Å². The van der Waals surface area contributed by atoms with E-state index in [2.05, 4.69) is 4.57 Å². The van der Waals surface area contributed by atoms with Crippen LogP contribution in [-0.4, -0.2) is 31.2 Å². The van der Waals surface area contributed by atoms with Gasteiger partial charge < -0.3 is 14.5 Å². The maximum atomic E-state index is 13.5. The van der Waals surface area contributed by atoms with Crippen LogP contribution in [0.2, 0.25) is 0 Å². The third kappa shape index (κ3) is 4.63. The average molecular weight is 498 g/mol. The van der Waals surface area contributed by atoms with Crippen molar-refractivity contribution < 1.29 is 31.1 Å². The molecule has 1 fully saturated rings. The molecule has 2 aromatic heterocycles. The molecule has 3 aromatic rings. The number of ether oxygens (including phenoxy) is 1. The summed E-state index contributed by atoms with van der Waals surface area (Å²) in [5, 5.41) is 11.4. The van der Waals surface area contributed by atoms with Gasteiger partial charge in [0, 0.05) is 31.2 Å². The Balaban J connectivity index is 1.83. The molecule has 4 rings (SSSR count). The zero-order chi connectivity index (χ0) is 24.9. The lowest BCUT2D eigenvalue weighted by Crippen LogP contribution is -2.29. The first-order valence-electron chi connectivity index (χ1n) is 10.9. The number of hydrogen-bond acceptors (Lipinski definition) is 5. The molecule has 1 aliphatic rings. The number of hydrogen-bond donors (Lipinski definition) is 0. The summed E-state index contributed by atoms with van der Waals surface area (Å²) >= 11 is 0. The van der Waals surface area contributed by atoms with E-state index in [-0.39, 0.29) is 21.2 Å². The molecule has 34 heavy (non-hydrogen) atoms. The van der Waals surface area contributed by atoms with Gasteiger partial charge in [-0.3, -0.25) is 0 Å². The molecule has 0 N–H and O–H groups in total. The van der Waals surface area contributed by atoms with Gasteiger partial charge in [-0.25, -0.2) is 13.4 Å². The van der Waals surface area contributed by atoms with E-state index in [9.17, 15) is 26.8 Å². The van der Waals surface area contributed by atoms with Crippen LogP contribution in [0.1, 0.15) is 45.0 Å². The summed E-state index contributed by atoms with van der Waals surface area (Å²) in [6.07, 6.45) is -2.23. The molecule has 0 saturated carbocycles. The van der Waals surface area contributed by atoms with Crippen molar-refractivity contribution in [2.45, 2.75) is 61.5 Å². The van der Waals surface area contributed by atoms with E-state index in [1.165, 1.54) is 12.1 Å². The molecule has 0 aliphatic carbocycles. The SMILES string of the molecule is CC(C)(C)c1nc2cc(S(=O)(=O)c3cc[n+]([O-])cc3C(F)(F)F)ccc2n1CC1CCOCC1. The minimum atomic E-state index is -5.01. The van der Waals surface area contributed by atoms with Crippen molar-refractivity contribution >= 4 is 20.9 Å². The molecule has 7 nitrogen and oxygen atoms in total. The van der Waals surface area contributed by atoms with Crippen LogP contribution in [0.25, 0.3) is 11.0 Å². The fraction of sp³-hybridized carbons (Fsp3) is 0.478. The lowest BCUT2D eigenvalue weighted by Gasteiger charge is -2.26. The molecule has 1 aromatic carbocycles. The number of alkyl halides is 3. The first-order valence-corrected chi connectivity index (χ1v) is 12.4. The average Bonchev–Trinajstić information content (AvgIpc) is 3.12. The molecular formula is C23H26F3N3O4S. The van der Waals surface area contributed by atoms with E-state index in [4.69, 9.17) is 9.72 Å². The fourth-order valence-corrected chi connectivity index (χ4v) is 5.73. The highest BCUT2D eigenvalue weighted by Gasteiger charge is 2.40. The van der Waals surface area contributed by atoms with Crippen LogP contribution in [0.4, 0.5) is 13.2 Å². The number of halogens is 3. The second-order valence-electron chi connectivity index (χ2n) is 9.59. The summed E-state index contributed by atoms with van der Waals surface area (Å²) < 4.78 is 74.3. The Hall–Kier alpha value is -2.66. The molecule has 184 valence electrons. The molecule has 11 heteroatoms. The molecule has 0 unspecified atom stereocenters. The summed E-state index contributed by atoms with van der Waals surface area (Å²) in [4.78, 5) is 3.41. The zero-order valence-corrected chi connectivity index (χ0v) is 19.9. The number of nitrogens with zero attached hydrogens (tertiary/aromatic N) is 3. The first-order chi connectivity index (χ1) is 15.8. The predicted molar refractivity (Wildman–Crippen MR) is 118 cm³/mol. The van der Waals surface area contributed by atoms with Gasteiger partial charge in [-0.05, 0) is 37.0 Å². The second kappa shape index (κ2) is 8.53. The molecule has 0 radical (unpaired) electrons. The van der Waals surface area contributed by atoms with Crippen LogP contribution in [0.3, 0.4) is 0 Å². The predicted octanol–water partition coefficient (Wildman–Crippen LogP) is 4.25. The second-order valence-corrected chi connectivity index (χ2v) is 11.5. The van der Waals surface area contributed by atoms with Crippen molar-refractivity contribution in [1.82, 2.24) is 9.55 Å². The minimum absolute atomic E-state index is 0.0708. The van der Waals surface area contributed by atoms with Crippen LogP contribution >= 0.6 is 0 Å². The third-order valence-electron chi connectivity index (χ3n) is 5.97. The van der Waals surface area contributed by atoms with Crippen molar-refractivity contribution in [2.24, 2.45) is 5.92 Å². The van der Waals surface area contributed by atoms with Gasteiger partial charge in [0.2, 0.25) is 9.84 Å². The number of imidazole rings is 1. The lowest BCUT2D eigenvalue weighted by atomic mass is 9.94. The number of sulfone groups is 1. The van der Waals surface area contributed by atoms with Gasteiger partial charge >= 0.3 is 6.18 Å². The van der Waals surface area contributed by atoms with E-state index in [0.29, 0.717) is 37.3 Å². The zero-order valence-electron chi connectivity index (χ0n) is 19.1. The summed E-state index contributed by atoms with van der Waals surface area (Å²) in [5.74, 6) is 1.15. The van der Waals surface area contributed by atoms with Gasteiger partial charge in [0.15, 0.2) is 12.4 Å². The summed E-state index contributed by atoms with van der Waals surface area (Å²) in [6.45, 7) is 8.08. The molecule has 0 bridgehead atoms. The van der Waals surface area contributed by atoms with Crippen LogP contribution < -0.4 is 4.73 Å². The number of rotatable bonds is 4. The molecule has 1 aliphatic heterocycles. The molecule has 0 amide bonds. The van der Waals surface area contributed by atoms with E-state index in [0.717, 1.165) is 30.4 Å². The number of benzene rings is 1. The topological polar surface area (TPSA) is 88.1 Å². The van der Waals surface area contributed by atoms with Crippen LogP contribution in [0, 0.1) is 11.1 Å². The van der Waals surface area contributed by atoms with Gasteiger partial charge in [-0.2, -0.15) is 17.9 Å². The summed E-state index contributed by atoms with van der Waals surface area (Å²) in [5.41, 5.74) is -0.739. The van der Waals surface area contributed by atoms with Gasteiger partial charge in [0.1, 0.15) is 11.4 Å². The number of aromatic nitrogens is 3. The summed E-state index contributed by atoms with van der Waals surface area (Å²) in [7, 11) is -4.57. The van der Waals surface area contributed by atoms with Crippen molar-refractivity contribution in [1.29, 1.82) is 0 Å². The van der Waals surface area contributed by atoms with E-state index in [1.807, 2.05) is 20.8 Å². The van der Waals surface area contributed by atoms with Crippen molar-refractivity contribution in [3.8, 4) is 0 Å². The Kier molecular flexibility index (Phi) is 6.14. The Labute approximate surface area is 195 Å². The molecule has 0 spiro atoms. The number of fused-ring (bicyclic) bond motifs is 1. The van der Waals surface area contributed by atoms with Gasteiger partial charge in [0.05, 0.1) is 20.8 Å². The Bertz CT molecular complexity index is 1320. The molecule has 0 atom stereocenters. The van der Waals surface area contributed by atoms with Crippen LogP contribution in [-0.2, 0) is 32.7 Å². The van der Waals surface area contributed by atoms with Gasteiger partial charge in [-0.1, -0.05) is 20.8 Å². The van der Waals surface area contributed by atoms with Gasteiger partial charge in [0.25, 0.3) is 0 Å². The van der Waals surface area contributed by atoms with Crippen LogP contribution in [0.5, 0.6) is 0 Å². The quantitative estimate of drug-likeness (QED) is 0.397. The van der Waals surface area contributed by atoms with E-state index >= 15 is 0 Å². The molecule has 3 heterocycles. The van der Waals surface area contributed by atoms with Crippen LogP contribution in [0.15, 0.2) is 46.5 Å². The van der Waals surface area contributed by atoms with E-state index < -0.39 is 26.5 Å². The van der Waals surface area contributed by atoms with E-state index in [1.54, 1.807) is 6.07 Å². The Morgan fingerprint density at radius 2 is 1.85 bits per heavy atom. The van der Waals surface area contributed by atoms with Crippen molar-refractivity contribution in [2.75, 3.05) is 13.2 Å². The fourth-order valence-electron chi connectivity index (χ4n) is 4.26. The van der Waals surface area contributed by atoms with Crippen molar-refractivity contribution in [3.63, 3.8) is 0 Å².